The molecule has 0 aromatic heterocycles. The Morgan fingerprint density at radius 3 is 2.14 bits per heavy atom. The minimum absolute atomic E-state index is 0.161. The molecule has 0 aromatic rings. The fraction of sp³-hybridized carbons (Fsp3) is 0.667. The van der Waals surface area contributed by atoms with Crippen LogP contribution in [0.3, 0.4) is 0 Å². The molecule has 0 aliphatic heterocycles. The Labute approximate surface area is 47.8 Å². The minimum Gasteiger partial charge on any atom is -0.303 e. The first-order chi connectivity index (χ1) is 3.06. The molecule has 0 aliphatic rings. The third kappa shape index (κ3) is 6.01. The zero-order valence-corrected chi connectivity index (χ0v) is 4.91. The van der Waals surface area contributed by atoms with Gasteiger partial charge in [0.15, 0.2) is 0 Å². The SMILES string of the molecule is O=CCC(F)(F)Br. The molecule has 0 heterocycles. The van der Waals surface area contributed by atoms with Gasteiger partial charge in [-0.15, -0.1) is 0 Å². The lowest BCUT2D eigenvalue weighted by atomic mass is 10.5. The van der Waals surface area contributed by atoms with E-state index >= 15 is 0 Å². The lowest BCUT2D eigenvalue weighted by Crippen LogP contribution is -2.03. The van der Waals surface area contributed by atoms with E-state index in [0.717, 1.165) is 0 Å². The summed E-state index contributed by atoms with van der Waals surface area (Å²) in [7, 11) is 0. The highest BCUT2D eigenvalue weighted by molar-refractivity contribution is 9.10. The van der Waals surface area contributed by atoms with Crippen molar-refractivity contribution < 1.29 is 13.6 Å². The minimum atomic E-state index is -3.01. The predicted octanol–water partition coefficient (Wildman–Crippen LogP) is 1.56. The summed E-state index contributed by atoms with van der Waals surface area (Å²) in [6.07, 6.45) is -0.595. The second-order valence-electron chi connectivity index (χ2n) is 0.986. The Bertz CT molecular complexity index is 67.8. The fourth-order valence-corrected chi connectivity index (χ4v) is 0.227. The van der Waals surface area contributed by atoms with Crippen molar-refractivity contribution in [3.63, 3.8) is 0 Å². The van der Waals surface area contributed by atoms with Gasteiger partial charge in [-0.25, -0.2) is 0 Å². The third-order valence-corrected chi connectivity index (χ3v) is 0.639. The molecule has 0 saturated carbocycles. The first kappa shape index (κ1) is 7.01. The molecular weight excluding hydrogens is 170 g/mol. The van der Waals surface area contributed by atoms with E-state index in [2.05, 4.69) is 0 Å². The van der Waals surface area contributed by atoms with Gasteiger partial charge in [0.25, 0.3) is 0 Å². The smallest absolute Gasteiger partial charge is 0.303 e. The maximum absolute atomic E-state index is 11.4. The molecule has 0 amide bonds. The molecule has 4 heteroatoms. The molecule has 0 radical (unpaired) electrons. The predicted molar refractivity (Wildman–Crippen MR) is 24.6 cm³/mol. The van der Waals surface area contributed by atoms with Gasteiger partial charge < -0.3 is 4.79 Å². The van der Waals surface area contributed by atoms with Gasteiger partial charge in [0, 0.05) is 0 Å². The van der Waals surface area contributed by atoms with Crippen LogP contribution in [0.1, 0.15) is 6.42 Å². The van der Waals surface area contributed by atoms with Gasteiger partial charge in [-0.1, -0.05) is 0 Å². The van der Waals surface area contributed by atoms with Crippen molar-refractivity contribution in [1.29, 1.82) is 0 Å². The van der Waals surface area contributed by atoms with Crippen LogP contribution in [-0.2, 0) is 4.79 Å². The summed E-state index contributed by atoms with van der Waals surface area (Å²) in [5.74, 6) is 0. The summed E-state index contributed by atoms with van der Waals surface area (Å²) in [5.41, 5.74) is 0. The zero-order valence-electron chi connectivity index (χ0n) is 3.33. The molecule has 0 unspecified atom stereocenters. The summed E-state index contributed by atoms with van der Waals surface area (Å²) in [6, 6.07) is 0. The highest BCUT2D eigenvalue weighted by Gasteiger charge is 2.21. The normalized spacial score (nSPS) is 11.3. The summed E-state index contributed by atoms with van der Waals surface area (Å²) >= 11 is 1.97. The van der Waals surface area contributed by atoms with E-state index in [0.29, 0.717) is 0 Å². The molecule has 7 heavy (non-hydrogen) atoms. The van der Waals surface area contributed by atoms with Crippen molar-refractivity contribution in [3.8, 4) is 0 Å². The number of halogens is 3. The van der Waals surface area contributed by atoms with E-state index in [1.165, 1.54) is 0 Å². The Kier molecular flexibility index (Phi) is 2.35. The number of rotatable bonds is 2. The monoisotopic (exact) mass is 172 g/mol. The summed E-state index contributed by atoms with van der Waals surface area (Å²) < 4.78 is 22.8. The van der Waals surface area contributed by atoms with Crippen LogP contribution < -0.4 is 0 Å². The van der Waals surface area contributed by atoms with Crippen LogP contribution >= 0.6 is 15.9 Å². The second-order valence-corrected chi connectivity index (χ2v) is 2.15. The fourth-order valence-electron chi connectivity index (χ4n) is 0.0945. The van der Waals surface area contributed by atoms with Gasteiger partial charge in [0.2, 0.25) is 0 Å². The van der Waals surface area contributed by atoms with Gasteiger partial charge in [-0.2, -0.15) is 8.78 Å². The third-order valence-electron chi connectivity index (χ3n) is 0.315. The van der Waals surface area contributed by atoms with E-state index < -0.39 is 11.3 Å². The number of hydrogen-bond donors (Lipinski definition) is 0. The van der Waals surface area contributed by atoms with Crippen molar-refractivity contribution in [2.75, 3.05) is 0 Å². The summed E-state index contributed by atoms with van der Waals surface area (Å²) in [6.45, 7) is 0. The average Bonchev–Trinajstić information content (AvgIpc) is 1.30. The Balaban J connectivity index is 3.34. The lowest BCUT2D eigenvalue weighted by molar-refractivity contribution is -0.110. The van der Waals surface area contributed by atoms with Crippen LogP contribution in [0, 0.1) is 0 Å². The maximum Gasteiger partial charge on any atom is 0.308 e. The van der Waals surface area contributed by atoms with Gasteiger partial charge in [-0.3, -0.25) is 0 Å². The van der Waals surface area contributed by atoms with Crippen molar-refractivity contribution in [2.24, 2.45) is 0 Å². The van der Waals surface area contributed by atoms with Gasteiger partial charge in [-0.05, 0) is 15.9 Å². The Morgan fingerprint density at radius 2 is 2.14 bits per heavy atom. The van der Waals surface area contributed by atoms with Crippen molar-refractivity contribution >= 4 is 22.2 Å². The zero-order chi connectivity index (χ0) is 5.91. The van der Waals surface area contributed by atoms with E-state index in [4.69, 9.17) is 0 Å². The van der Waals surface area contributed by atoms with Crippen LogP contribution in [0.15, 0.2) is 0 Å². The van der Waals surface area contributed by atoms with E-state index in [9.17, 15) is 13.6 Å². The number of aldehydes is 1. The first-order valence-electron chi connectivity index (χ1n) is 1.56. The standard InChI is InChI=1S/C3H3BrF2O/c4-3(5,6)1-2-7/h2H,1H2. The quantitative estimate of drug-likeness (QED) is 0.457. The van der Waals surface area contributed by atoms with Gasteiger partial charge in [0.1, 0.15) is 6.29 Å². The van der Waals surface area contributed by atoms with Crippen LogP contribution in [-0.4, -0.2) is 11.1 Å². The van der Waals surface area contributed by atoms with Gasteiger partial charge in [0.05, 0.1) is 6.42 Å². The number of carbonyl (C=O) groups excluding carboxylic acids is 1. The van der Waals surface area contributed by atoms with Crippen LogP contribution in [0.5, 0.6) is 0 Å². The van der Waals surface area contributed by atoms with Crippen molar-refractivity contribution in [2.45, 2.75) is 11.3 Å². The molecule has 0 aliphatic carbocycles. The summed E-state index contributed by atoms with van der Waals surface area (Å²) in [4.78, 5) is 6.31. The van der Waals surface area contributed by atoms with Crippen LogP contribution in [0.2, 0.25) is 0 Å². The molecular formula is C3H3BrF2O. The number of carbonyl (C=O) groups is 1. The average molecular weight is 173 g/mol. The number of hydrogen-bond acceptors (Lipinski definition) is 1. The Hall–Kier alpha value is 0.01000. The molecule has 0 aromatic carbocycles. The van der Waals surface area contributed by atoms with E-state index in [1.807, 2.05) is 15.9 Å². The highest BCUT2D eigenvalue weighted by Crippen LogP contribution is 2.23. The molecule has 0 saturated heterocycles. The largest absolute Gasteiger partial charge is 0.308 e. The van der Waals surface area contributed by atoms with Crippen LogP contribution in [0.4, 0.5) is 8.78 Å². The van der Waals surface area contributed by atoms with E-state index in [-0.39, 0.29) is 6.29 Å². The molecule has 1 nitrogen and oxygen atoms in total. The topological polar surface area (TPSA) is 17.1 Å². The second kappa shape index (κ2) is 2.35. The van der Waals surface area contributed by atoms with Gasteiger partial charge >= 0.3 is 4.83 Å². The highest BCUT2D eigenvalue weighted by atomic mass is 79.9. The number of alkyl halides is 3. The lowest BCUT2D eigenvalue weighted by Gasteiger charge is -1.98. The van der Waals surface area contributed by atoms with Crippen molar-refractivity contribution in [3.05, 3.63) is 0 Å². The molecule has 0 atom stereocenters. The maximum atomic E-state index is 11.4. The molecule has 0 spiro atoms. The summed E-state index contributed by atoms with van der Waals surface area (Å²) in [5, 5.41) is 0. The molecule has 0 N–H and O–H groups in total. The Morgan fingerprint density at radius 1 is 1.71 bits per heavy atom. The van der Waals surface area contributed by atoms with Crippen molar-refractivity contribution in [1.82, 2.24) is 0 Å². The molecule has 0 bridgehead atoms. The molecule has 0 fully saturated rings. The van der Waals surface area contributed by atoms with Crippen LogP contribution in [0.25, 0.3) is 0 Å². The van der Waals surface area contributed by atoms with E-state index in [1.54, 1.807) is 0 Å². The molecule has 42 valence electrons. The first-order valence-corrected chi connectivity index (χ1v) is 2.36. The molecule has 0 rings (SSSR count).